The smallest absolute Gasteiger partial charge is 0.315 e. The van der Waals surface area contributed by atoms with Crippen molar-refractivity contribution in [2.75, 3.05) is 11.5 Å². The Morgan fingerprint density at radius 3 is 1.36 bits per heavy atom. The Kier molecular flexibility index (Phi) is 5.57. The van der Waals surface area contributed by atoms with E-state index >= 15 is 0 Å². The van der Waals surface area contributed by atoms with Crippen LogP contribution in [-0.2, 0) is 15.6 Å². The standard InChI is InChI=1S/C24H34N2O2/c1-13-9-15(11-17(20(13)25)23(3,4)5)19(22(27)28)16-10-14(2)21(26)18(12-16)24(6,7)8/h9-12,19H,25-26H2,1-8H3,(H,27,28). The van der Waals surface area contributed by atoms with Crippen LogP contribution in [0.4, 0.5) is 11.4 Å². The van der Waals surface area contributed by atoms with Crippen LogP contribution in [0.5, 0.6) is 0 Å². The molecule has 0 spiro atoms. The minimum absolute atomic E-state index is 0.179. The van der Waals surface area contributed by atoms with Crippen LogP contribution in [0.15, 0.2) is 24.3 Å². The van der Waals surface area contributed by atoms with Gasteiger partial charge in [0.25, 0.3) is 0 Å². The van der Waals surface area contributed by atoms with E-state index in [-0.39, 0.29) is 10.8 Å². The molecule has 28 heavy (non-hydrogen) atoms. The SMILES string of the molecule is Cc1cc(C(C(=O)O)c2cc(C)c(N)c(C(C)(C)C)c2)cc(C(C)(C)C)c1N. The first-order chi connectivity index (χ1) is 12.6. The van der Waals surface area contributed by atoms with Gasteiger partial charge in [-0.2, -0.15) is 0 Å². The maximum absolute atomic E-state index is 12.4. The number of hydrogen-bond donors (Lipinski definition) is 3. The van der Waals surface area contributed by atoms with Crippen LogP contribution >= 0.6 is 0 Å². The van der Waals surface area contributed by atoms with Gasteiger partial charge in [0.1, 0.15) is 5.92 Å². The number of aryl methyl sites for hydroxylation is 2. The second kappa shape index (κ2) is 7.16. The summed E-state index contributed by atoms with van der Waals surface area (Å²) in [5, 5.41) is 10.1. The molecule has 0 radical (unpaired) electrons. The van der Waals surface area contributed by atoms with Crippen molar-refractivity contribution in [1.82, 2.24) is 0 Å². The van der Waals surface area contributed by atoms with E-state index < -0.39 is 11.9 Å². The predicted octanol–water partition coefficient (Wildman–Crippen LogP) is 5.28. The van der Waals surface area contributed by atoms with E-state index in [1.54, 1.807) is 0 Å². The van der Waals surface area contributed by atoms with Gasteiger partial charge in [-0.25, -0.2) is 0 Å². The number of nitrogens with two attached hydrogens (primary N) is 2. The Bertz CT molecular complexity index is 846. The van der Waals surface area contributed by atoms with Crippen molar-refractivity contribution in [3.8, 4) is 0 Å². The van der Waals surface area contributed by atoms with Gasteiger partial charge in [0.05, 0.1) is 0 Å². The molecule has 0 aliphatic carbocycles. The molecule has 0 bridgehead atoms. The molecule has 2 aromatic carbocycles. The molecule has 0 heterocycles. The first-order valence-electron chi connectivity index (χ1n) is 9.68. The van der Waals surface area contributed by atoms with Gasteiger partial charge in [0, 0.05) is 11.4 Å². The first kappa shape index (κ1) is 21.8. The molecule has 2 rings (SSSR count). The average Bonchev–Trinajstić information content (AvgIpc) is 2.51. The molecule has 2 aromatic rings. The normalized spacial score (nSPS) is 12.5. The van der Waals surface area contributed by atoms with E-state index in [1.807, 2.05) is 38.1 Å². The van der Waals surface area contributed by atoms with Crippen molar-refractivity contribution in [3.63, 3.8) is 0 Å². The lowest BCUT2D eigenvalue weighted by Crippen LogP contribution is -2.20. The molecule has 0 atom stereocenters. The van der Waals surface area contributed by atoms with E-state index in [9.17, 15) is 9.90 Å². The van der Waals surface area contributed by atoms with Crippen molar-refractivity contribution in [3.05, 3.63) is 57.6 Å². The number of aliphatic carboxylic acids is 1. The molecular weight excluding hydrogens is 348 g/mol. The zero-order valence-corrected chi connectivity index (χ0v) is 18.4. The van der Waals surface area contributed by atoms with Crippen LogP contribution < -0.4 is 11.5 Å². The molecule has 4 nitrogen and oxygen atoms in total. The molecule has 0 unspecified atom stereocenters. The summed E-state index contributed by atoms with van der Waals surface area (Å²) in [6.07, 6.45) is 0. The van der Waals surface area contributed by atoms with Crippen LogP contribution in [0.3, 0.4) is 0 Å². The molecule has 5 N–H and O–H groups in total. The van der Waals surface area contributed by atoms with Crippen LogP contribution in [-0.4, -0.2) is 11.1 Å². The van der Waals surface area contributed by atoms with Gasteiger partial charge in [-0.3, -0.25) is 4.79 Å². The zero-order chi connectivity index (χ0) is 21.6. The van der Waals surface area contributed by atoms with Crippen molar-refractivity contribution in [2.45, 2.75) is 72.1 Å². The second-order valence-electron chi connectivity index (χ2n) is 9.87. The highest BCUT2D eigenvalue weighted by molar-refractivity contribution is 5.82. The van der Waals surface area contributed by atoms with Gasteiger partial charge in [0.2, 0.25) is 0 Å². The largest absolute Gasteiger partial charge is 0.481 e. The summed E-state index contributed by atoms with van der Waals surface area (Å²) in [5.74, 6) is -1.66. The van der Waals surface area contributed by atoms with Crippen molar-refractivity contribution in [1.29, 1.82) is 0 Å². The predicted molar refractivity (Wildman–Crippen MR) is 118 cm³/mol. The number of anilines is 2. The number of hydrogen-bond acceptors (Lipinski definition) is 3. The molecule has 0 aliphatic heterocycles. The Balaban J connectivity index is 2.78. The third-order valence-corrected chi connectivity index (χ3v) is 5.35. The van der Waals surface area contributed by atoms with Gasteiger partial charge >= 0.3 is 5.97 Å². The topological polar surface area (TPSA) is 89.3 Å². The summed E-state index contributed by atoms with van der Waals surface area (Å²) in [6.45, 7) is 16.4. The maximum Gasteiger partial charge on any atom is 0.315 e. The molecule has 152 valence electrons. The lowest BCUT2D eigenvalue weighted by atomic mass is 9.78. The number of nitrogen functional groups attached to an aromatic ring is 2. The minimum Gasteiger partial charge on any atom is -0.481 e. The number of carboxylic acids is 1. The molecule has 0 aliphatic rings. The van der Waals surface area contributed by atoms with Gasteiger partial charge in [-0.05, 0) is 58.1 Å². The number of rotatable bonds is 3. The molecule has 4 heteroatoms. The van der Waals surface area contributed by atoms with Gasteiger partial charge in [-0.1, -0.05) is 65.8 Å². The fraction of sp³-hybridized carbons (Fsp3) is 0.458. The Morgan fingerprint density at radius 2 is 1.11 bits per heavy atom. The van der Waals surface area contributed by atoms with E-state index in [2.05, 4.69) is 41.5 Å². The second-order valence-corrected chi connectivity index (χ2v) is 9.87. The molecule has 0 fully saturated rings. The molecule has 0 amide bonds. The number of carbonyl (C=O) groups is 1. The lowest BCUT2D eigenvalue weighted by molar-refractivity contribution is -0.137. The molecular formula is C24H34N2O2. The van der Waals surface area contributed by atoms with E-state index in [0.717, 1.165) is 44.8 Å². The fourth-order valence-corrected chi connectivity index (χ4v) is 3.70. The van der Waals surface area contributed by atoms with E-state index in [0.29, 0.717) is 0 Å². The van der Waals surface area contributed by atoms with E-state index in [4.69, 9.17) is 11.5 Å². The van der Waals surface area contributed by atoms with Crippen LogP contribution in [0, 0.1) is 13.8 Å². The van der Waals surface area contributed by atoms with Crippen LogP contribution in [0.25, 0.3) is 0 Å². The molecule has 0 aromatic heterocycles. The van der Waals surface area contributed by atoms with Gasteiger partial charge in [0.15, 0.2) is 0 Å². The summed E-state index contributed by atoms with van der Waals surface area (Å²) in [5.41, 5.74) is 18.9. The summed E-state index contributed by atoms with van der Waals surface area (Å²) >= 11 is 0. The summed E-state index contributed by atoms with van der Waals surface area (Å²) in [7, 11) is 0. The Hall–Kier alpha value is -2.49. The van der Waals surface area contributed by atoms with Gasteiger partial charge in [-0.15, -0.1) is 0 Å². The minimum atomic E-state index is -0.881. The highest BCUT2D eigenvalue weighted by Gasteiger charge is 2.29. The van der Waals surface area contributed by atoms with Crippen LogP contribution in [0.1, 0.15) is 80.8 Å². The van der Waals surface area contributed by atoms with Crippen molar-refractivity contribution >= 4 is 17.3 Å². The zero-order valence-electron chi connectivity index (χ0n) is 18.4. The lowest BCUT2D eigenvalue weighted by Gasteiger charge is -2.27. The van der Waals surface area contributed by atoms with Gasteiger partial charge < -0.3 is 16.6 Å². The van der Waals surface area contributed by atoms with Crippen molar-refractivity contribution in [2.24, 2.45) is 0 Å². The van der Waals surface area contributed by atoms with Crippen molar-refractivity contribution < 1.29 is 9.90 Å². The quantitative estimate of drug-likeness (QED) is 0.630. The third-order valence-electron chi connectivity index (χ3n) is 5.35. The summed E-state index contributed by atoms with van der Waals surface area (Å²) < 4.78 is 0. The highest BCUT2D eigenvalue weighted by Crippen LogP contribution is 2.38. The maximum atomic E-state index is 12.4. The summed E-state index contributed by atoms with van der Waals surface area (Å²) in [6, 6.07) is 7.69. The third kappa shape index (κ3) is 4.16. The van der Waals surface area contributed by atoms with Crippen LogP contribution in [0.2, 0.25) is 0 Å². The Morgan fingerprint density at radius 1 is 0.786 bits per heavy atom. The number of carboxylic acid groups (broad SMARTS) is 1. The average molecular weight is 383 g/mol. The Labute approximate surface area is 169 Å². The van der Waals surface area contributed by atoms with E-state index in [1.165, 1.54) is 0 Å². The highest BCUT2D eigenvalue weighted by atomic mass is 16.4. The first-order valence-corrected chi connectivity index (χ1v) is 9.68. The monoisotopic (exact) mass is 382 g/mol. The molecule has 0 saturated heterocycles. The fourth-order valence-electron chi connectivity index (χ4n) is 3.70. The summed E-state index contributed by atoms with van der Waals surface area (Å²) in [4.78, 5) is 12.4. The molecule has 0 saturated carbocycles. The number of benzene rings is 2.